The lowest BCUT2D eigenvalue weighted by molar-refractivity contribution is -0.151. The second-order valence-electron chi connectivity index (χ2n) is 10.2. The Hall–Kier alpha value is -2.30. The highest BCUT2D eigenvalue weighted by Gasteiger charge is 2.64. The molecule has 0 unspecified atom stereocenters. The number of aromatic amines is 1. The number of nitrogens with zero attached hydrogens (tertiary/aromatic N) is 1. The van der Waals surface area contributed by atoms with Crippen LogP contribution in [0.1, 0.15) is 41.6 Å². The maximum atomic E-state index is 12.6. The Morgan fingerprint density at radius 1 is 1.10 bits per heavy atom. The fraction of sp³-hybridized carbons (Fsp3) is 0.462. The lowest BCUT2D eigenvalue weighted by Gasteiger charge is -2.63. The summed E-state index contributed by atoms with van der Waals surface area (Å²) in [5, 5.41) is 24.2. The summed E-state index contributed by atoms with van der Waals surface area (Å²) in [6.45, 7) is 2.16. The van der Waals surface area contributed by atoms with E-state index in [-0.39, 0.29) is 11.5 Å². The number of phenolic OH excluding ortho intramolecular Hbond substituents is 1. The number of rotatable bonds is 2. The molecule has 1 saturated carbocycles. The van der Waals surface area contributed by atoms with E-state index in [0.29, 0.717) is 12.2 Å². The number of nitrogens with one attached hydrogen (secondary N) is 1. The number of phenols is 1. The summed E-state index contributed by atoms with van der Waals surface area (Å²) < 4.78 is 0. The number of hydrogen-bond donors (Lipinski definition) is 3. The molecule has 7 rings (SSSR count). The predicted molar refractivity (Wildman–Crippen MR) is 117 cm³/mol. The smallest absolute Gasteiger partial charge is 0.115 e. The number of aliphatic hydroxyl groups is 1. The predicted octanol–water partition coefficient (Wildman–Crippen LogP) is 3.68. The van der Waals surface area contributed by atoms with Crippen molar-refractivity contribution in [2.75, 3.05) is 13.1 Å². The van der Waals surface area contributed by atoms with Gasteiger partial charge in [0.25, 0.3) is 0 Å². The normalized spacial score (nSPS) is 32.5. The van der Waals surface area contributed by atoms with Crippen LogP contribution in [0.25, 0.3) is 10.9 Å². The minimum atomic E-state index is -0.807. The maximum absolute atomic E-state index is 12.6. The first-order valence-electron chi connectivity index (χ1n) is 11.4. The van der Waals surface area contributed by atoms with Crippen LogP contribution in [0.4, 0.5) is 0 Å². The van der Waals surface area contributed by atoms with E-state index >= 15 is 0 Å². The third kappa shape index (κ3) is 2.13. The van der Waals surface area contributed by atoms with Crippen molar-refractivity contribution < 1.29 is 10.2 Å². The maximum Gasteiger partial charge on any atom is 0.115 e. The molecule has 3 aromatic rings. The minimum absolute atomic E-state index is 0.144. The molecular weight excluding hydrogens is 372 g/mol. The zero-order valence-electron chi connectivity index (χ0n) is 17.2. The number of fused-ring (bicyclic) bond motifs is 4. The Bertz CT molecular complexity index is 1180. The van der Waals surface area contributed by atoms with Crippen LogP contribution in [-0.2, 0) is 24.7 Å². The molecule has 1 aliphatic heterocycles. The van der Waals surface area contributed by atoms with Gasteiger partial charge in [-0.05, 0) is 73.0 Å². The summed E-state index contributed by atoms with van der Waals surface area (Å²) in [5.74, 6) is 1.13. The van der Waals surface area contributed by atoms with Gasteiger partial charge in [-0.3, -0.25) is 4.90 Å². The highest BCUT2D eigenvalue weighted by atomic mass is 16.3. The molecule has 3 aliphatic carbocycles. The first-order valence-corrected chi connectivity index (χ1v) is 11.4. The van der Waals surface area contributed by atoms with Crippen molar-refractivity contribution >= 4 is 10.9 Å². The van der Waals surface area contributed by atoms with Crippen molar-refractivity contribution in [1.82, 2.24) is 9.88 Å². The van der Waals surface area contributed by atoms with Gasteiger partial charge in [0.15, 0.2) is 0 Å². The van der Waals surface area contributed by atoms with Gasteiger partial charge >= 0.3 is 0 Å². The molecule has 3 atom stereocenters. The molecule has 2 aromatic carbocycles. The van der Waals surface area contributed by atoms with Crippen molar-refractivity contribution in [3.63, 3.8) is 0 Å². The van der Waals surface area contributed by atoms with Gasteiger partial charge in [-0.25, -0.2) is 0 Å². The van der Waals surface area contributed by atoms with E-state index in [2.05, 4.69) is 40.2 Å². The summed E-state index contributed by atoms with van der Waals surface area (Å²) in [7, 11) is 0. The van der Waals surface area contributed by atoms with E-state index < -0.39 is 5.60 Å². The molecule has 4 aliphatic rings. The van der Waals surface area contributed by atoms with Gasteiger partial charge < -0.3 is 15.2 Å². The van der Waals surface area contributed by atoms with E-state index in [1.54, 1.807) is 0 Å². The van der Waals surface area contributed by atoms with Crippen molar-refractivity contribution in [1.29, 1.82) is 0 Å². The SMILES string of the molecule is Oc1ccc2c(c1)[C@]13CCN(CC4CC4)[C@@H](C2)[C@]1(O)Cc1c([nH]c2ccccc12)C3. The van der Waals surface area contributed by atoms with Gasteiger partial charge in [0.1, 0.15) is 5.75 Å². The molecule has 2 fully saturated rings. The van der Waals surface area contributed by atoms with E-state index in [0.717, 1.165) is 38.3 Å². The van der Waals surface area contributed by atoms with E-state index in [4.69, 9.17) is 0 Å². The summed E-state index contributed by atoms with van der Waals surface area (Å²) in [5.41, 5.74) is 5.08. The lowest BCUT2D eigenvalue weighted by Crippen LogP contribution is -2.74. The lowest BCUT2D eigenvalue weighted by atomic mass is 9.49. The van der Waals surface area contributed by atoms with Crippen LogP contribution in [-0.4, -0.2) is 44.8 Å². The van der Waals surface area contributed by atoms with Crippen LogP contribution in [0.5, 0.6) is 5.75 Å². The quantitative estimate of drug-likeness (QED) is 0.615. The number of likely N-dealkylation sites (tertiary alicyclic amines) is 1. The Labute approximate surface area is 176 Å². The Morgan fingerprint density at radius 2 is 1.97 bits per heavy atom. The van der Waals surface area contributed by atoms with Crippen molar-refractivity contribution in [2.24, 2.45) is 5.92 Å². The van der Waals surface area contributed by atoms with Crippen molar-refractivity contribution in [3.05, 3.63) is 64.8 Å². The Balaban J connectivity index is 1.45. The van der Waals surface area contributed by atoms with Gasteiger partial charge in [-0.2, -0.15) is 0 Å². The number of piperidine rings is 1. The Morgan fingerprint density at radius 3 is 2.83 bits per heavy atom. The molecule has 154 valence electrons. The second-order valence-corrected chi connectivity index (χ2v) is 10.2. The van der Waals surface area contributed by atoms with Crippen LogP contribution in [0.3, 0.4) is 0 Å². The van der Waals surface area contributed by atoms with Crippen LogP contribution in [0, 0.1) is 5.92 Å². The largest absolute Gasteiger partial charge is 0.508 e. The number of benzene rings is 2. The molecule has 1 aromatic heterocycles. The molecule has 4 heteroatoms. The molecule has 4 nitrogen and oxygen atoms in total. The number of aromatic hydroxyl groups is 1. The van der Waals surface area contributed by atoms with E-state index in [1.165, 1.54) is 46.1 Å². The number of hydrogen-bond acceptors (Lipinski definition) is 3. The summed E-state index contributed by atoms with van der Waals surface area (Å²) >= 11 is 0. The molecule has 0 radical (unpaired) electrons. The average molecular weight is 401 g/mol. The van der Waals surface area contributed by atoms with E-state index in [9.17, 15) is 10.2 Å². The number of para-hydroxylation sites is 1. The molecule has 3 N–H and O–H groups in total. The monoisotopic (exact) mass is 400 g/mol. The van der Waals surface area contributed by atoms with Crippen LogP contribution in [0.15, 0.2) is 42.5 Å². The molecule has 30 heavy (non-hydrogen) atoms. The number of H-pyrrole nitrogens is 1. The zero-order valence-corrected chi connectivity index (χ0v) is 17.2. The average Bonchev–Trinajstić information content (AvgIpc) is 3.49. The van der Waals surface area contributed by atoms with Gasteiger partial charge in [0.2, 0.25) is 0 Å². The van der Waals surface area contributed by atoms with Gasteiger partial charge in [-0.1, -0.05) is 24.3 Å². The van der Waals surface area contributed by atoms with Gasteiger partial charge in [0.05, 0.1) is 5.60 Å². The molecule has 0 amide bonds. The molecule has 1 saturated heterocycles. The minimum Gasteiger partial charge on any atom is -0.508 e. The van der Waals surface area contributed by atoms with Crippen molar-refractivity contribution in [2.45, 2.75) is 55.6 Å². The van der Waals surface area contributed by atoms with Crippen LogP contribution in [0.2, 0.25) is 0 Å². The summed E-state index contributed by atoms with van der Waals surface area (Å²) in [6.07, 6.45) is 5.99. The topological polar surface area (TPSA) is 59.5 Å². The number of aromatic nitrogens is 1. The first-order chi connectivity index (χ1) is 14.6. The van der Waals surface area contributed by atoms with Gasteiger partial charge in [-0.15, -0.1) is 0 Å². The van der Waals surface area contributed by atoms with E-state index in [1.807, 2.05) is 12.1 Å². The standard InChI is InChI=1S/C26H28N2O2/c29-18-8-7-17-11-24-26(30)13-20-19-3-1-2-4-22(19)27-23(20)14-25(26,21(17)12-18)9-10-28(24)15-16-5-6-16/h1-4,7-8,12,16,24,27,29-30H,5-6,9-11,13-15H2/t24-,25+,26+/m0/s1. The first kappa shape index (κ1) is 17.4. The third-order valence-corrected chi connectivity index (χ3v) is 8.69. The Kier molecular flexibility index (Phi) is 3.29. The van der Waals surface area contributed by atoms with Gasteiger partial charge in [0, 0.05) is 47.4 Å². The summed E-state index contributed by atoms with van der Waals surface area (Å²) in [6, 6.07) is 14.5. The highest BCUT2D eigenvalue weighted by molar-refractivity contribution is 5.85. The molecule has 0 spiro atoms. The highest BCUT2D eigenvalue weighted by Crippen LogP contribution is 2.58. The molecule has 2 bridgehead atoms. The fourth-order valence-corrected chi connectivity index (χ4v) is 7.04. The van der Waals surface area contributed by atoms with Crippen LogP contribution >= 0.6 is 0 Å². The molecular formula is C26H28N2O2. The summed E-state index contributed by atoms with van der Waals surface area (Å²) in [4.78, 5) is 6.28. The second kappa shape index (κ2) is 5.68. The van der Waals surface area contributed by atoms with Crippen molar-refractivity contribution in [3.8, 4) is 5.75 Å². The third-order valence-electron chi connectivity index (χ3n) is 8.69. The fourth-order valence-electron chi connectivity index (χ4n) is 7.04. The van der Waals surface area contributed by atoms with Crippen LogP contribution < -0.4 is 0 Å². The zero-order chi connectivity index (χ0) is 20.1. The molecule has 2 heterocycles.